The second-order valence-corrected chi connectivity index (χ2v) is 6.11. The molecule has 3 rings (SSSR count). The number of thiophene rings is 1. The van der Waals surface area contributed by atoms with Crippen molar-refractivity contribution in [2.45, 2.75) is 26.4 Å². The van der Waals surface area contributed by atoms with Crippen molar-refractivity contribution in [3.63, 3.8) is 0 Å². The summed E-state index contributed by atoms with van der Waals surface area (Å²) in [5.74, 6) is 0. The van der Waals surface area contributed by atoms with Crippen LogP contribution in [-0.4, -0.2) is 10.1 Å². The molecule has 0 spiro atoms. The molecule has 0 amide bonds. The Morgan fingerprint density at radius 3 is 2.70 bits per heavy atom. The number of aryl methyl sites for hydroxylation is 2. The fourth-order valence-electron chi connectivity index (χ4n) is 2.53. The molecule has 0 saturated heterocycles. The van der Waals surface area contributed by atoms with Crippen LogP contribution in [0.25, 0.3) is 10.2 Å². The van der Waals surface area contributed by atoms with Gasteiger partial charge in [-0.15, -0.1) is 11.3 Å². The van der Waals surface area contributed by atoms with Crippen LogP contribution in [0.1, 0.15) is 28.4 Å². The lowest BCUT2D eigenvalue weighted by atomic mass is 9.95. The van der Waals surface area contributed by atoms with Gasteiger partial charge in [-0.05, 0) is 48.1 Å². The minimum atomic E-state index is -0.506. The van der Waals surface area contributed by atoms with E-state index in [4.69, 9.17) is 0 Å². The number of nitrogens with zero attached hydrogens (tertiary/aromatic N) is 1. The average molecular weight is 283 g/mol. The molecule has 1 aromatic carbocycles. The van der Waals surface area contributed by atoms with Crippen molar-refractivity contribution >= 4 is 21.6 Å². The van der Waals surface area contributed by atoms with Crippen LogP contribution in [0.4, 0.5) is 0 Å². The van der Waals surface area contributed by atoms with Crippen LogP contribution < -0.4 is 0 Å². The summed E-state index contributed by atoms with van der Waals surface area (Å²) in [4.78, 5) is 4.40. The number of hydrogen-bond acceptors (Lipinski definition) is 3. The lowest BCUT2D eigenvalue weighted by Gasteiger charge is -2.15. The van der Waals surface area contributed by atoms with Gasteiger partial charge in [-0.25, -0.2) is 0 Å². The molecule has 0 aliphatic carbocycles. The minimum Gasteiger partial charge on any atom is -0.388 e. The third-order valence-electron chi connectivity index (χ3n) is 3.75. The Hall–Kier alpha value is -1.71. The second kappa shape index (κ2) is 5.35. The van der Waals surface area contributed by atoms with E-state index in [9.17, 15) is 5.11 Å². The van der Waals surface area contributed by atoms with Gasteiger partial charge in [0.15, 0.2) is 0 Å². The maximum atomic E-state index is 10.5. The summed E-state index contributed by atoms with van der Waals surface area (Å²) >= 11 is 1.66. The highest BCUT2D eigenvalue weighted by Gasteiger charge is 2.13. The Kier molecular flexibility index (Phi) is 3.55. The molecule has 0 aliphatic rings. The Bertz CT molecular complexity index is 727. The monoisotopic (exact) mass is 283 g/mol. The molecule has 1 atom stereocenters. The lowest BCUT2D eigenvalue weighted by Crippen LogP contribution is -2.05. The summed E-state index contributed by atoms with van der Waals surface area (Å²) in [5, 5.41) is 12.5. The smallest absolute Gasteiger partial charge is 0.0845 e. The molecule has 3 aromatic rings. The standard InChI is InChI=1S/C17H17NOS/c1-11-4-3-5-12(2)14(11)9-16(19)13-8-17-15(18-10-13)6-7-20-17/h3-8,10,16,19H,9H2,1-2H3. The topological polar surface area (TPSA) is 33.1 Å². The summed E-state index contributed by atoms with van der Waals surface area (Å²) in [7, 11) is 0. The summed E-state index contributed by atoms with van der Waals surface area (Å²) < 4.78 is 1.13. The third-order valence-corrected chi connectivity index (χ3v) is 4.60. The van der Waals surface area contributed by atoms with E-state index in [1.165, 1.54) is 16.7 Å². The van der Waals surface area contributed by atoms with E-state index in [0.717, 1.165) is 15.8 Å². The fraction of sp³-hybridized carbons (Fsp3) is 0.235. The zero-order valence-corrected chi connectivity index (χ0v) is 12.4. The van der Waals surface area contributed by atoms with Gasteiger partial charge in [-0.2, -0.15) is 0 Å². The first-order chi connectivity index (χ1) is 9.65. The van der Waals surface area contributed by atoms with Crippen LogP contribution in [0.15, 0.2) is 41.9 Å². The highest BCUT2D eigenvalue weighted by Crippen LogP contribution is 2.26. The molecule has 0 saturated carbocycles. The maximum Gasteiger partial charge on any atom is 0.0845 e. The van der Waals surface area contributed by atoms with Gasteiger partial charge in [-0.1, -0.05) is 18.2 Å². The van der Waals surface area contributed by atoms with E-state index in [-0.39, 0.29) is 0 Å². The van der Waals surface area contributed by atoms with Crippen molar-refractivity contribution in [1.82, 2.24) is 4.98 Å². The van der Waals surface area contributed by atoms with Crippen molar-refractivity contribution in [1.29, 1.82) is 0 Å². The van der Waals surface area contributed by atoms with Gasteiger partial charge in [0.1, 0.15) is 0 Å². The molecule has 3 heteroatoms. The number of fused-ring (bicyclic) bond motifs is 1. The van der Waals surface area contributed by atoms with Gasteiger partial charge >= 0.3 is 0 Å². The van der Waals surface area contributed by atoms with E-state index in [1.54, 1.807) is 17.5 Å². The molecule has 2 nitrogen and oxygen atoms in total. The Morgan fingerprint density at radius 1 is 1.20 bits per heavy atom. The van der Waals surface area contributed by atoms with Crippen LogP contribution in [0.2, 0.25) is 0 Å². The summed E-state index contributed by atoms with van der Waals surface area (Å²) in [5.41, 5.74) is 5.58. The van der Waals surface area contributed by atoms with Crippen LogP contribution in [-0.2, 0) is 6.42 Å². The third kappa shape index (κ3) is 2.47. The average Bonchev–Trinajstić information content (AvgIpc) is 2.90. The number of aromatic nitrogens is 1. The zero-order chi connectivity index (χ0) is 14.1. The number of hydrogen-bond donors (Lipinski definition) is 1. The van der Waals surface area contributed by atoms with Crippen molar-refractivity contribution in [2.24, 2.45) is 0 Å². The van der Waals surface area contributed by atoms with E-state index >= 15 is 0 Å². The van der Waals surface area contributed by atoms with Crippen LogP contribution in [0, 0.1) is 13.8 Å². The molecular weight excluding hydrogens is 266 g/mol. The van der Waals surface area contributed by atoms with Crippen LogP contribution in [0.3, 0.4) is 0 Å². The largest absolute Gasteiger partial charge is 0.388 e. The minimum absolute atomic E-state index is 0.506. The highest BCUT2D eigenvalue weighted by molar-refractivity contribution is 7.17. The van der Waals surface area contributed by atoms with Gasteiger partial charge in [0, 0.05) is 18.2 Å². The number of rotatable bonds is 3. The summed E-state index contributed by atoms with van der Waals surface area (Å²) in [6, 6.07) is 10.3. The molecule has 0 fully saturated rings. The Balaban J connectivity index is 1.90. The predicted molar refractivity (Wildman–Crippen MR) is 84.2 cm³/mol. The first kappa shape index (κ1) is 13.3. The SMILES string of the molecule is Cc1cccc(C)c1CC(O)c1cnc2ccsc2c1. The molecule has 2 aromatic heterocycles. The van der Waals surface area contributed by atoms with E-state index < -0.39 is 6.10 Å². The molecule has 2 heterocycles. The van der Waals surface area contributed by atoms with Gasteiger partial charge in [0.2, 0.25) is 0 Å². The first-order valence-electron chi connectivity index (χ1n) is 6.71. The second-order valence-electron chi connectivity index (χ2n) is 5.16. The Labute approximate surface area is 122 Å². The van der Waals surface area contributed by atoms with Crippen molar-refractivity contribution in [3.05, 3.63) is 64.2 Å². The van der Waals surface area contributed by atoms with Gasteiger partial charge in [0.25, 0.3) is 0 Å². The zero-order valence-electron chi connectivity index (χ0n) is 11.6. The van der Waals surface area contributed by atoms with E-state index in [2.05, 4.69) is 37.0 Å². The molecule has 0 aliphatic heterocycles. The molecule has 0 radical (unpaired) electrons. The van der Waals surface area contributed by atoms with Gasteiger partial charge in [0.05, 0.1) is 16.3 Å². The van der Waals surface area contributed by atoms with Gasteiger partial charge < -0.3 is 5.11 Å². The van der Waals surface area contributed by atoms with E-state index in [0.29, 0.717) is 6.42 Å². The summed E-state index contributed by atoms with van der Waals surface area (Å²) in [6.07, 6.45) is 1.92. The molecule has 0 bridgehead atoms. The lowest BCUT2D eigenvalue weighted by molar-refractivity contribution is 0.178. The number of pyridine rings is 1. The Morgan fingerprint density at radius 2 is 1.95 bits per heavy atom. The number of aliphatic hydroxyl groups is 1. The fourth-order valence-corrected chi connectivity index (χ4v) is 3.32. The summed E-state index contributed by atoms with van der Waals surface area (Å²) in [6.45, 7) is 4.19. The first-order valence-corrected chi connectivity index (χ1v) is 7.59. The van der Waals surface area contributed by atoms with Crippen molar-refractivity contribution in [2.75, 3.05) is 0 Å². The van der Waals surface area contributed by atoms with E-state index in [1.807, 2.05) is 17.5 Å². The van der Waals surface area contributed by atoms with Crippen LogP contribution in [0.5, 0.6) is 0 Å². The molecule has 1 unspecified atom stereocenters. The molecule has 102 valence electrons. The maximum absolute atomic E-state index is 10.5. The number of aliphatic hydroxyl groups excluding tert-OH is 1. The quantitative estimate of drug-likeness (QED) is 0.782. The van der Waals surface area contributed by atoms with Crippen LogP contribution >= 0.6 is 11.3 Å². The normalized spacial score (nSPS) is 12.8. The number of benzene rings is 1. The van der Waals surface area contributed by atoms with Crippen molar-refractivity contribution < 1.29 is 5.11 Å². The van der Waals surface area contributed by atoms with Gasteiger partial charge in [-0.3, -0.25) is 4.98 Å². The highest BCUT2D eigenvalue weighted by atomic mass is 32.1. The molecule has 1 N–H and O–H groups in total. The molecule has 20 heavy (non-hydrogen) atoms. The van der Waals surface area contributed by atoms with Crippen molar-refractivity contribution in [3.8, 4) is 0 Å². The predicted octanol–water partition coefficient (Wildman–Crippen LogP) is 4.19. The molecular formula is C17H17NOS.